The summed E-state index contributed by atoms with van der Waals surface area (Å²) >= 11 is 12.1. The van der Waals surface area contributed by atoms with E-state index in [2.05, 4.69) is 48.5 Å². The number of halogens is 2. The second-order valence-electron chi connectivity index (χ2n) is 4.39. The molecule has 0 saturated heterocycles. The number of hydrogen-bond donors (Lipinski definition) is 0. The van der Waals surface area contributed by atoms with Gasteiger partial charge in [-0.1, -0.05) is 36.4 Å². The van der Waals surface area contributed by atoms with Crippen molar-refractivity contribution in [1.29, 1.82) is 0 Å². The van der Waals surface area contributed by atoms with Gasteiger partial charge in [0.25, 0.3) is 0 Å². The van der Waals surface area contributed by atoms with Crippen LogP contribution in [0.3, 0.4) is 0 Å². The first-order valence-electron chi connectivity index (χ1n) is 5.88. The van der Waals surface area contributed by atoms with Crippen LogP contribution >= 0.6 is 23.2 Å². The molecule has 2 heteroatoms. The molecular formula is C16H12Cl2. The first kappa shape index (κ1) is 11.8. The minimum atomic E-state index is 0.498. The summed E-state index contributed by atoms with van der Waals surface area (Å²) in [6, 6.07) is 17.0. The molecule has 90 valence electrons. The molecule has 3 aromatic rings. The summed E-state index contributed by atoms with van der Waals surface area (Å²) in [4.78, 5) is 0. The Hall–Kier alpha value is -1.24. The van der Waals surface area contributed by atoms with Crippen molar-refractivity contribution in [2.24, 2.45) is 0 Å². The van der Waals surface area contributed by atoms with Crippen molar-refractivity contribution in [1.82, 2.24) is 0 Å². The fourth-order valence-corrected chi connectivity index (χ4v) is 2.97. The minimum absolute atomic E-state index is 0.498. The normalized spacial score (nSPS) is 11.2. The Morgan fingerprint density at radius 1 is 0.722 bits per heavy atom. The highest BCUT2D eigenvalue weighted by molar-refractivity contribution is 6.20. The zero-order valence-electron chi connectivity index (χ0n) is 9.79. The lowest BCUT2D eigenvalue weighted by Crippen LogP contribution is -1.90. The largest absolute Gasteiger partial charge is 0.122 e. The predicted molar refractivity (Wildman–Crippen MR) is 80.6 cm³/mol. The Morgan fingerprint density at radius 3 is 2.11 bits per heavy atom. The Balaban J connectivity index is 2.42. The van der Waals surface area contributed by atoms with Crippen LogP contribution in [0.5, 0.6) is 0 Å². The van der Waals surface area contributed by atoms with Crippen LogP contribution < -0.4 is 0 Å². The van der Waals surface area contributed by atoms with Gasteiger partial charge in [-0.05, 0) is 44.8 Å². The van der Waals surface area contributed by atoms with Crippen molar-refractivity contribution in [3.05, 3.63) is 59.7 Å². The number of benzene rings is 3. The van der Waals surface area contributed by atoms with Gasteiger partial charge in [-0.15, -0.1) is 23.2 Å². The summed E-state index contributed by atoms with van der Waals surface area (Å²) < 4.78 is 0. The van der Waals surface area contributed by atoms with Crippen LogP contribution in [-0.2, 0) is 11.8 Å². The number of rotatable bonds is 2. The van der Waals surface area contributed by atoms with Crippen LogP contribution in [0.4, 0.5) is 0 Å². The molecule has 3 aromatic carbocycles. The van der Waals surface area contributed by atoms with Gasteiger partial charge in [-0.3, -0.25) is 0 Å². The van der Waals surface area contributed by atoms with E-state index >= 15 is 0 Å². The van der Waals surface area contributed by atoms with Gasteiger partial charge >= 0.3 is 0 Å². The average Bonchev–Trinajstić information content (AvgIpc) is 2.43. The van der Waals surface area contributed by atoms with E-state index in [9.17, 15) is 0 Å². The van der Waals surface area contributed by atoms with Gasteiger partial charge in [0.1, 0.15) is 0 Å². The van der Waals surface area contributed by atoms with E-state index in [-0.39, 0.29) is 0 Å². The molecule has 0 amide bonds. The van der Waals surface area contributed by atoms with Crippen molar-refractivity contribution >= 4 is 44.7 Å². The summed E-state index contributed by atoms with van der Waals surface area (Å²) in [5.74, 6) is 1.00. The highest BCUT2D eigenvalue weighted by Crippen LogP contribution is 2.29. The van der Waals surface area contributed by atoms with E-state index in [0.717, 1.165) is 11.1 Å². The SMILES string of the molecule is ClCc1ccc2cc3ccccc3cc2c1CCl. The molecular weight excluding hydrogens is 263 g/mol. The zero-order valence-corrected chi connectivity index (χ0v) is 11.3. The highest BCUT2D eigenvalue weighted by Gasteiger charge is 2.07. The molecule has 0 atom stereocenters. The Labute approximate surface area is 116 Å². The monoisotopic (exact) mass is 274 g/mol. The highest BCUT2D eigenvalue weighted by atomic mass is 35.5. The van der Waals surface area contributed by atoms with Gasteiger partial charge in [0.05, 0.1) is 0 Å². The Kier molecular flexibility index (Phi) is 3.15. The number of hydrogen-bond acceptors (Lipinski definition) is 0. The third kappa shape index (κ3) is 1.86. The summed E-state index contributed by atoms with van der Waals surface area (Å²) in [6.07, 6.45) is 0. The van der Waals surface area contributed by atoms with Crippen LogP contribution in [0.1, 0.15) is 11.1 Å². The smallest absolute Gasteiger partial charge is 0.0483 e. The van der Waals surface area contributed by atoms with Gasteiger partial charge in [0.15, 0.2) is 0 Å². The van der Waals surface area contributed by atoms with Crippen molar-refractivity contribution in [3.8, 4) is 0 Å². The van der Waals surface area contributed by atoms with Gasteiger partial charge in [0.2, 0.25) is 0 Å². The molecule has 0 radical (unpaired) electrons. The van der Waals surface area contributed by atoms with Gasteiger partial charge in [-0.2, -0.15) is 0 Å². The molecule has 0 aliphatic heterocycles. The van der Waals surface area contributed by atoms with E-state index in [1.165, 1.54) is 21.5 Å². The van der Waals surface area contributed by atoms with Crippen molar-refractivity contribution in [2.75, 3.05) is 0 Å². The maximum absolute atomic E-state index is 6.08. The summed E-state index contributed by atoms with van der Waals surface area (Å²) in [5, 5.41) is 4.92. The second kappa shape index (κ2) is 4.79. The molecule has 0 spiro atoms. The molecule has 0 fully saturated rings. The van der Waals surface area contributed by atoms with Gasteiger partial charge < -0.3 is 0 Å². The van der Waals surface area contributed by atoms with Crippen LogP contribution in [0.25, 0.3) is 21.5 Å². The molecule has 18 heavy (non-hydrogen) atoms. The average molecular weight is 275 g/mol. The van der Waals surface area contributed by atoms with Gasteiger partial charge in [0, 0.05) is 11.8 Å². The molecule has 0 bridgehead atoms. The third-order valence-corrected chi connectivity index (χ3v) is 3.93. The number of fused-ring (bicyclic) bond motifs is 2. The van der Waals surface area contributed by atoms with Crippen molar-refractivity contribution in [2.45, 2.75) is 11.8 Å². The maximum Gasteiger partial charge on any atom is 0.0483 e. The fraction of sp³-hybridized carbons (Fsp3) is 0.125. The van der Waals surface area contributed by atoms with Crippen LogP contribution in [0, 0.1) is 0 Å². The number of alkyl halides is 2. The van der Waals surface area contributed by atoms with E-state index in [1.54, 1.807) is 0 Å². The van der Waals surface area contributed by atoms with Crippen LogP contribution in [0.2, 0.25) is 0 Å². The second-order valence-corrected chi connectivity index (χ2v) is 4.93. The zero-order chi connectivity index (χ0) is 12.5. The van der Waals surface area contributed by atoms with E-state index in [4.69, 9.17) is 23.2 Å². The van der Waals surface area contributed by atoms with Crippen molar-refractivity contribution in [3.63, 3.8) is 0 Å². The summed E-state index contributed by atoms with van der Waals surface area (Å²) in [6.45, 7) is 0. The third-order valence-electron chi connectivity index (χ3n) is 3.37. The molecule has 0 heterocycles. The lowest BCUT2D eigenvalue weighted by molar-refractivity contribution is 1.30. The fourth-order valence-electron chi connectivity index (χ4n) is 2.40. The molecule has 0 saturated carbocycles. The van der Waals surface area contributed by atoms with E-state index < -0.39 is 0 Å². The molecule has 0 nitrogen and oxygen atoms in total. The van der Waals surface area contributed by atoms with E-state index in [1.807, 2.05) is 0 Å². The molecule has 0 unspecified atom stereocenters. The van der Waals surface area contributed by atoms with Gasteiger partial charge in [-0.25, -0.2) is 0 Å². The standard InChI is InChI=1S/C16H12Cl2/c17-9-14-6-5-13-7-11-3-1-2-4-12(11)8-15(13)16(14)10-18/h1-8H,9-10H2. The minimum Gasteiger partial charge on any atom is -0.122 e. The topological polar surface area (TPSA) is 0 Å². The molecule has 0 aromatic heterocycles. The molecule has 0 aliphatic carbocycles. The van der Waals surface area contributed by atoms with Crippen LogP contribution in [-0.4, -0.2) is 0 Å². The lowest BCUT2D eigenvalue weighted by atomic mass is 9.97. The first-order valence-corrected chi connectivity index (χ1v) is 6.95. The quantitative estimate of drug-likeness (QED) is 0.429. The predicted octanol–water partition coefficient (Wildman–Crippen LogP) is 5.47. The molecule has 3 rings (SSSR count). The first-order chi connectivity index (χ1) is 8.83. The molecule has 0 N–H and O–H groups in total. The lowest BCUT2D eigenvalue weighted by Gasteiger charge is -2.10. The Bertz CT molecular complexity index is 717. The summed E-state index contributed by atoms with van der Waals surface area (Å²) in [7, 11) is 0. The van der Waals surface area contributed by atoms with E-state index in [0.29, 0.717) is 11.8 Å². The van der Waals surface area contributed by atoms with Crippen LogP contribution in [0.15, 0.2) is 48.5 Å². The summed E-state index contributed by atoms with van der Waals surface area (Å²) in [5.41, 5.74) is 2.27. The Morgan fingerprint density at radius 2 is 1.44 bits per heavy atom. The molecule has 0 aliphatic rings. The maximum atomic E-state index is 6.08. The van der Waals surface area contributed by atoms with Crippen molar-refractivity contribution < 1.29 is 0 Å².